The number of anilines is 6. The number of para-hydroxylation sites is 2. The Labute approximate surface area is 308 Å². The lowest BCUT2D eigenvalue weighted by Crippen LogP contribution is -2.61. The second-order valence-corrected chi connectivity index (χ2v) is 15.3. The molecule has 0 saturated carbocycles. The minimum atomic E-state index is -0.0904. The second kappa shape index (κ2) is 10.3. The van der Waals surface area contributed by atoms with Gasteiger partial charge >= 0.3 is 0 Å². The number of nitrogens with zero attached hydrogens (tertiary/aromatic N) is 2. The van der Waals surface area contributed by atoms with Gasteiger partial charge in [-0.3, -0.25) is 0 Å². The van der Waals surface area contributed by atoms with Gasteiger partial charge in [0.1, 0.15) is 11.2 Å². The SMILES string of the molecule is CC1(C)c2ccccc2-c2ccc(N3c4ccccc4B4c5ccccc5N(c5ccc6oc7ccc8ccccc8c7c6c5)c5cccc3c54)cc21. The minimum absolute atomic E-state index is 0.0904. The maximum absolute atomic E-state index is 6.45. The van der Waals surface area contributed by atoms with Crippen LogP contribution in [0.4, 0.5) is 34.1 Å². The average Bonchev–Trinajstić information content (AvgIpc) is 3.69. The number of hydrogen-bond acceptors (Lipinski definition) is 3. The summed E-state index contributed by atoms with van der Waals surface area (Å²) in [6.45, 7) is 4.83. The molecule has 3 nitrogen and oxygen atoms in total. The molecule has 0 amide bonds. The van der Waals surface area contributed by atoms with Gasteiger partial charge in [-0.2, -0.15) is 0 Å². The lowest BCUT2D eigenvalue weighted by molar-refractivity contribution is 0.660. The Morgan fingerprint density at radius 2 is 1.08 bits per heavy atom. The summed E-state index contributed by atoms with van der Waals surface area (Å²) in [5.74, 6) is 0. The number of furan rings is 1. The average molecular weight is 677 g/mol. The van der Waals surface area contributed by atoms with E-state index < -0.39 is 0 Å². The number of rotatable bonds is 2. The van der Waals surface area contributed by atoms with E-state index in [1.165, 1.54) is 83.2 Å². The first kappa shape index (κ1) is 29.1. The molecule has 53 heavy (non-hydrogen) atoms. The van der Waals surface area contributed by atoms with Crippen molar-refractivity contribution in [2.75, 3.05) is 9.80 Å². The van der Waals surface area contributed by atoms with Crippen molar-refractivity contribution in [2.45, 2.75) is 19.3 Å². The summed E-state index contributed by atoms with van der Waals surface area (Å²) in [5, 5.41) is 4.73. The molecule has 0 unspecified atom stereocenters. The third kappa shape index (κ3) is 3.80. The van der Waals surface area contributed by atoms with Crippen LogP contribution in [0.25, 0.3) is 43.8 Å². The number of hydrogen-bond donors (Lipinski definition) is 0. The molecule has 0 bridgehead atoms. The topological polar surface area (TPSA) is 19.6 Å². The second-order valence-electron chi connectivity index (χ2n) is 15.3. The highest BCUT2D eigenvalue weighted by Gasteiger charge is 2.43. The van der Waals surface area contributed by atoms with E-state index in [-0.39, 0.29) is 12.1 Å². The van der Waals surface area contributed by atoms with E-state index in [9.17, 15) is 0 Å². The third-order valence-corrected chi connectivity index (χ3v) is 12.2. The first-order valence-corrected chi connectivity index (χ1v) is 18.6. The van der Waals surface area contributed by atoms with Crippen LogP contribution < -0.4 is 26.2 Å². The first-order valence-electron chi connectivity index (χ1n) is 18.6. The largest absolute Gasteiger partial charge is 0.456 e. The molecule has 9 aromatic rings. The molecule has 4 heteroatoms. The smallest absolute Gasteiger partial charge is 0.252 e. The van der Waals surface area contributed by atoms with Gasteiger partial charge in [-0.05, 0) is 110 Å². The van der Waals surface area contributed by atoms with Crippen molar-refractivity contribution in [1.29, 1.82) is 0 Å². The fraction of sp³-hybridized carbons (Fsp3) is 0.0612. The van der Waals surface area contributed by atoms with E-state index in [0.29, 0.717) is 0 Å². The lowest BCUT2D eigenvalue weighted by Gasteiger charge is -2.44. The Balaban J connectivity index is 1.10. The van der Waals surface area contributed by atoms with Gasteiger partial charge in [0.05, 0.1) is 0 Å². The first-order chi connectivity index (χ1) is 26.1. The van der Waals surface area contributed by atoms with Crippen molar-refractivity contribution in [1.82, 2.24) is 0 Å². The molecular weight excluding hydrogens is 643 g/mol. The van der Waals surface area contributed by atoms with Gasteiger partial charge in [0.25, 0.3) is 6.71 Å². The summed E-state index contributed by atoms with van der Waals surface area (Å²) in [4.78, 5) is 4.98. The molecule has 1 aliphatic carbocycles. The Morgan fingerprint density at radius 3 is 1.87 bits per heavy atom. The summed E-state index contributed by atoms with van der Waals surface area (Å²) in [7, 11) is 0. The van der Waals surface area contributed by atoms with Gasteiger partial charge in [-0.15, -0.1) is 0 Å². The molecule has 3 aliphatic rings. The van der Waals surface area contributed by atoms with Crippen LogP contribution >= 0.6 is 0 Å². The van der Waals surface area contributed by atoms with Gasteiger partial charge in [-0.1, -0.05) is 117 Å². The molecule has 1 aromatic heterocycles. The lowest BCUT2D eigenvalue weighted by atomic mass is 9.33. The highest BCUT2D eigenvalue weighted by Crippen LogP contribution is 2.51. The Morgan fingerprint density at radius 1 is 0.472 bits per heavy atom. The van der Waals surface area contributed by atoms with Crippen LogP contribution in [0.15, 0.2) is 168 Å². The molecular formula is C49H33BN2O. The minimum Gasteiger partial charge on any atom is -0.456 e. The van der Waals surface area contributed by atoms with Crippen molar-refractivity contribution in [3.8, 4) is 11.1 Å². The molecule has 0 atom stereocenters. The van der Waals surface area contributed by atoms with Crippen LogP contribution in [0.1, 0.15) is 25.0 Å². The van der Waals surface area contributed by atoms with Gasteiger partial charge < -0.3 is 14.2 Å². The molecule has 0 spiro atoms. The van der Waals surface area contributed by atoms with Crippen LogP contribution in [-0.4, -0.2) is 6.71 Å². The van der Waals surface area contributed by atoms with Crippen molar-refractivity contribution in [3.63, 3.8) is 0 Å². The predicted molar refractivity (Wildman–Crippen MR) is 223 cm³/mol. The maximum Gasteiger partial charge on any atom is 0.252 e. The van der Waals surface area contributed by atoms with Crippen LogP contribution in [-0.2, 0) is 5.41 Å². The normalized spacial score (nSPS) is 14.6. The fourth-order valence-corrected chi connectivity index (χ4v) is 9.90. The zero-order chi connectivity index (χ0) is 35.0. The Hall–Kier alpha value is -6.52. The highest BCUT2D eigenvalue weighted by molar-refractivity contribution is 7.00. The van der Waals surface area contributed by atoms with Gasteiger partial charge in [-0.25, -0.2) is 0 Å². The summed E-state index contributed by atoms with van der Waals surface area (Å²) < 4.78 is 6.45. The summed E-state index contributed by atoms with van der Waals surface area (Å²) in [6.07, 6.45) is 0. The van der Waals surface area contributed by atoms with Crippen LogP contribution in [0.5, 0.6) is 0 Å². The number of benzene rings is 8. The fourth-order valence-electron chi connectivity index (χ4n) is 9.90. The van der Waals surface area contributed by atoms with Gasteiger partial charge in [0, 0.05) is 50.3 Å². The summed E-state index contributed by atoms with van der Waals surface area (Å²) in [5.41, 5.74) is 18.3. The van der Waals surface area contributed by atoms with E-state index in [1.807, 2.05) is 0 Å². The Kier molecular flexibility index (Phi) is 5.66. The molecule has 0 saturated heterocycles. The monoisotopic (exact) mass is 676 g/mol. The van der Waals surface area contributed by atoms with Crippen molar-refractivity contribution >= 4 is 89.9 Å². The standard InChI is InChI=1S/C49H33BN2O/c1-49(2)37-15-6-5-14-34(37)35-25-23-32(29-38(35)49)52-42-19-10-8-17-40(42)50-39-16-7-9-18-41(39)51(43-20-11-21-44(52)48(43)50)31-24-27-45-36(28-31)47-33-13-4-3-12-30(33)22-26-46(47)53-45/h3-29H,1-2H3. The van der Waals surface area contributed by atoms with E-state index >= 15 is 0 Å². The molecule has 2 aliphatic heterocycles. The molecule has 3 heterocycles. The van der Waals surface area contributed by atoms with Crippen LogP contribution in [0, 0.1) is 0 Å². The molecule has 0 fully saturated rings. The highest BCUT2D eigenvalue weighted by atomic mass is 16.3. The van der Waals surface area contributed by atoms with Crippen LogP contribution in [0.2, 0.25) is 0 Å². The van der Waals surface area contributed by atoms with Crippen molar-refractivity contribution < 1.29 is 4.42 Å². The van der Waals surface area contributed by atoms with Gasteiger partial charge in [0.15, 0.2) is 0 Å². The number of fused-ring (bicyclic) bond motifs is 12. The Bertz CT molecular complexity index is 3030. The zero-order valence-electron chi connectivity index (χ0n) is 29.5. The van der Waals surface area contributed by atoms with E-state index in [4.69, 9.17) is 4.42 Å². The van der Waals surface area contributed by atoms with Gasteiger partial charge in [0.2, 0.25) is 0 Å². The van der Waals surface area contributed by atoms with Crippen LogP contribution in [0.3, 0.4) is 0 Å². The maximum atomic E-state index is 6.45. The zero-order valence-corrected chi connectivity index (χ0v) is 29.5. The summed E-state index contributed by atoms with van der Waals surface area (Å²) in [6, 6.07) is 60.4. The molecule has 12 rings (SSSR count). The quantitative estimate of drug-likeness (QED) is 0.170. The van der Waals surface area contributed by atoms with Crippen molar-refractivity contribution in [3.05, 3.63) is 175 Å². The third-order valence-electron chi connectivity index (χ3n) is 12.2. The summed E-state index contributed by atoms with van der Waals surface area (Å²) >= 11 is 0. The molecule has 8 aromatic carbocycles. The van der Waals surface area contributed by atoms with Crippen molar-refractivity contribution in [2.24, 2.45) is 0 Å². The predicted octanol–water partition coefficient (Wildman–Crippen LogP) is 11.1. The van der Waals surface area contributed by atoms with E-state index in [0.717, 1.165) is 22.2 Å². The van der Waals surface area contributed by atoms with E-state index in [2.05, 4.69) is 187 Å². The van der Waals surface area contributed by atoms with E-state index in [1.54, 1.807) is 0 Å². The molecule has 0 radical (unpaired) electrons. The molecule has 248 valence electrons. The molecule has 0 N–H and O–H groups in total.